The molecule has 4 heterocycles. The fraction of sp³-hybridized carbons (Fsp3) is 0.393. The van der Waals surface area contributed by atoms with Crippen molar-refractivity contribution in [3.05, 3.63) is 65.9 Å². The first kappa shape index (κ1) is 22.5. The molecule has 3 aromatic rings. The Morgan fingerprint density at radius 1 is 1.09 bits per heavy atom. The van der Waals surface area contributed by atoms with Gasteiger partial charge in [-0.15, -0.1) is 0 Å². The molecule has 6 rings (SSSR count). The molecule has 6 nitrogen and oxygen atoms in total. The molecule has 3 aliphatic heterocycles. The zero-order valence-corrected chi connectivity index (χ0v) is 19.8. The van der Waals surface area contributed by atoms with E-state index < -0.39 is 0 Å². The van der Waals surface area contributed by atoms with E-state index in [-0.39, 0.29) is 22.9 Å². The highest BCUT2D eigenvalue weighted by Crippen LogP contribution is 2.57. The summed E-state index contributed by atoms with van der Waals surface area (Å²) in [5.41, 5.74) is 4.71. The number of hydrogen-bond acceptors (Lipinski definition) is 5. The number of esters is 1. The molecule has 178 valence electrons. The lowest BCUT2D eigenvalue weighted by Gasteiger charge is -2.53. The van der Waals surface area contributed by atoms with Gasteiger partial charge in [0.25, 0.3) is 0 Å². The molecule has 1 aromatic heterocycles. The predicted molar refractivity (Wildman–Crippen MR) is 133 cm³/mol. The Bertz CT molecular complexity index is 1240. The number of aromatic nitrogens is 1. The quantitative estimate of drug-likeness (QED) is 0.523. The second kappa shape index (κ2) is 8.84. The summed E-state index contributed by atoms with van der Waals surface area (Å²) in [7, 11) is 0. The first-order chi connectivity index (χ1) is 16.5. The van der Waals surface area contributed by atoms with Crippen LogP contribution in [0.4, 0.5) is 0 Å². The maximum absolute atomic E-state index is 12.9. The number of nitrogens with zero attached hydrogens (tertiary/aromatic N) is 2. The highest BCUT2D eigenvalue weighted by Gasteiger charge is 2.51. The number of ether oxygens (including phenoxy) is 1. The number of benzene rings is 2. The molecule has 0 radical (unpaired) electrons. The van der Waals surface area contributed by atoms with Crippen molar-refractivity contribution >= 4 is 22.6 Å². The summed E-state index contributed by atoms with van der Waals surface area (Å²) >= 11 is 0. The second-order valence-corrected chi connectivity index (χ2v) is 9.37. The molecule has 2 aromatic carbocycles. The van der Waals surface area contributed by atoms with Gasteiger partial charge in [0.2, 0.25) is 0 Å². The highest BCUT2D eigenvalue weighted by atomic mass is 16.5. The van der Waals surface area contributed by atoms with Crippen LogP contribution in [-0.2, 0) is 16.0 Å². The van der Waals surface area contributed by atoms with Crippen LogP contribution < -0.4 is 0 Å². The van der Waals surface area contributed by atoms with Crippen molar-refractivity contribution < 1.29 is 19.7 Å². The number of phenolic OH excluding ortho intramolecular Hbond substituents is 2. The molecule has 0 aliphatic carbocycles. The molecule has 0 unspecified atom stereocenters. The Labute approximate surface area is 200 Å². The molecular formula is C28H32N2O4. The van der Waals surface area contributed by atoms with Gasteiger partial charge in [0.1, 0.15) is 17.2 Å². The molecular weight excluding hydrogens is 428 g/mol. The Kier molecular flexibility index (Phi) is 5.86. The lowest BCUT2D eigenvalue weighted by atomic mass is 9.66. The van der Waals surface area contributed by atoms with E-state index in [0.717, 1.165) is 43.6 Å². The van der Waals surface area contributed by atoms with Crippen LogP contribution in [0.5, 0.6) is 11.5 Å². The highest BCUT2D eigenvalue weighted by molar-refractivity contribution is 6.13. The van der Waals surface area contributed by atoms with Crippen LogP contribution in [0.3, 0.4) is 0 Å². The summed E-state index contributed by atoms with van der Waals surface area (Å²) in [6, 6.07) is 14.8. The lowest BCUT2D eigenvalue weighted by molar-refractivity contribution is -0.136. The van der Waals surface area contributed by atoms with Crippen molar-refractivity contribution in [1.82, 2.24) is 9.47 Å². The van der Waals surface area contributed by atoms with Crippen LogP contribution in [0, 0.1) is 5.41 Å². The summed E-state index contributed by atoms with van der Waals surface area (Å²) in [6.07, 6.45) is 6.73. The topological polar surface area (TPSA) is 74.9 Å². The van der Waals surface area contributed by atoms with Crippen molar-refractivity contribution in [2.45, 2.75) is 45.6 Å². The maximum atomic E-state index is 12.9. The zero-order chi connectivity index (χ0) is 23.9. The molecule has 1 fully saturated rings. The van der Waals surface area contributed by atoms with Crippen LogP contribution in [0.1, 0.15) is 50.4 Å². The number of fused-ring (bicyclic) bond motifs is 3. The maximum Gasteiger partial charge on any atom is 0.354 e. The smallest absolute Gasteiger partial charge is 0.354 e. The Balaban J connectivity index is 0.000000257. The largest absolute Gasteiger partial charge is 0.508 e. The van der Waals surface area contributed by atoms with Gasteiger partial charge in [-0.25, -0.2) is 4.79 Å². The molecule has 3 aliphatic rings. The summed E-state index contributed by atoms with van der Waals surface area (Å²) in [6.45, 7) is 6.85. The van der Waals surface area contributed by atoms with Gasteiger partial charge < -0.3 is 19.5 Å². The first-order valence-electron chi connectivity index (χ1n) is 12.2. The summed E-state index contributed by atoms with van der Waals surface area (Å²) in [5.74, 6) is -0.0139. The number of para-hydroxylation sites is 1. The number of carbonyl (C=O) groups excluding carboxylic acids is 1. The van der Waals surface area contributed by atoms with Crippen molar-refractivity contribution in [3.63, 3.8) is 0 Å². The Morgan fingerprint density at radius 3 is 2.53 bits per heavy atom. The molecule has 2 N–H and O–H groups in total. The third kappa shape index (κ3) is 3.57. The minimum Gasteiger partial charge on any atom is -0.508 e. The molecule has 1 saturated heterocycles. The van der Waals surface area contributed by atoms with Gasteiger partial charge >= 0.3 is 5.97 Å². The molecule has 2 atom stereocenters. The molecule has 6 heteroatoms. The minimum atomic E-state index is -0.190. The standard InChI is InChI=1S/C22H26N2O2.C6H6O2/c1-3-22-11-7-12-23-13-10-16-15-8-5-6-9-17(15)24(19(16)20(22)23)18(14-22)21(25)26-4-2;7-5-2-1-3-6(8)4-5/h5-6,8-9,14,20H,3-4,7,10-13H2,1-2H3;1-4,7-8H/t20-,22+;/m1./s1. The summed E-state index contributed by atoms with van der Waals surface area (Å²) in [5, 5.41) is 18.6. The number of aromatic hydroxyl groups is 2. The molecule has 0 amide bonds. The number of phenols is 2. The van der Waals surface area contributed by atoms with Crippen molar-refractivity contribution in [2.75, 3.05) is 19.7 Å². The van der Waals surface area contributed by atoms with Gasteiger partial charge in [-0.3, -0.25) is 4.90 Å². The van der Waals surface area contributed by atoms with Gasteiger partial charge in [-0.05, 0) is 69.0 Å². The number of carbonyl (C=O) groups is 1. The van der Waals surface area contributed by atoms with Gasteiger partial charge in [0.15, 0.2) is 0 Å². The van der Waals surface area contributed by atoms with E-state index >= 15 is 0 Å². The van der Waals surface area contributed by atoms with E-state index in [0.29, 0.717) is 12.6 Å². The van der Waals surface area contributed by atoms with E-state index in [9.17, 15) is 4.79 Å². The SMILES string of the molecule is CCOC(=O)C1=C[C@]2(CC)CCCN3CCc4c(n1c1ccccc41)[C@@H]32.Oc1cccc(O)c1. The van der Waals surface area contributed by atoms with Crippen molar-refractivity contribution in [2.24, 2.45) is 5.41 Å². The molecule has 34 heavy (non-hydrogen) atoms. The van der Waals surface area contributed by atoms with E-state index in [2.05, 4.69) is 46.7 Å². The third-order valence-corrected chi connectivity index (χ3v) is 7.56. The number of piperidine rings is 1. The second-order valence-electron chi connectivity index (χ2n) is 9.37. The first-order valence-corrected chi connectivity index (χ1v) is 12.2. The lowest BCUT2D eigenvalue weighted by Crippen LogP contribution is -2.51. The normalized spacial score (nSPS) is 22.9. The Morgan fingerprint density at radius 2 is 1.85 bits per heavy atom. The molecule has 0 bridgehead atoms. The van der Waals surface area contributed by atoms with E-state index in [4.69, 9.17) is 14.9 Å². The van der Waals surface area contributed by atoms with Crippen LogP contribution >= 0.6 is 0 Å². The van der Waals surface area contributed by atoms with E-state index in [1.54, 1.807) is 6.07 Å². The third-order valence-electron chi connectivity index (χ3n) is 7.56. The van der Waals surface area contributed by atoms with Crippen LogP contribution in [0.15, 0.2) is 54.6 Å². The van der Waals surface area contributed by atoms with Crippen molar-refractivity contribution in [3.8, 4) is 11.5 Å². The van der Waals surface area contributed by atoms with E-state index in [1.165, 1.54) is 41.3 Å². The number of rotatable bonds is 3. The van der Waals surface area contributed by atoms with Gasteiger partial charge in [-0.2, -0.15) is 0 Å². The molecule has 0 saturated carbocycles. The van der Waals surface area contributed by atoms with Crippen LogP contribution in [-0.4, -0.2) is 45.3 Å². The zero-order valence-electron chi connectivity index (χ0n) is 19.8. The Hall–Kier alpha value is -3.25. The average Bonchev–Trinajstić information content (AvgIpc) is 3.18. The summed E-state index contributed by atoms with van der Waals surface area (Å²) in [4.78, 5) is 15.6. The van der Waals surface area contributed by atoms with Crippen LogP contribution in [0.2, 0.25) is 0 Å². The monoisotopic (exact) mass is 460 g/mol. The molecule has 0 spiro atoms. The summed E-state index contributed by atoms with van der Waals surface area (Å²) < 4.78 is 7.69. The number of hydrogen-bond donors (Lipinski definition) is 2. The van der Waals surface area contributed by atoms with Crippen LogP contribution in [0.25, 0.3) is 16.6 Å². The fourth-order valence-corrected chi connectivity index (χ4v) is 6.13. The van der Waals surface area contributed by atoms with Gasteiger partial charge in [0, 0.05) is 29.1 Å². The van der Waals surface area contributed by atoms with E-state index in [1.807, 2.05) is 6.92 Å². The van der Waals surface area contributed by atoms with Crippen molar-refractivity contribution in [1.29, 1.82) is 0 Å². The van der Waals surface area contributed by atoms with Gasteiger partial charge in [-0.1, -0.05) is 31.2 Å². The minimum absolute atomic E-state index is 0.0416. The predicted octanol–water partition coefficient (Wildman–Crippen LogP) is 5.25. The van der Waals surface area contributed by atoms with Gasteiger partial charge in [0.05, 0.1) is 18.2 Å². The average molecular weight is 461 g/mol. The fourth-order valence-electron chi connectivity index (χ4n) is 6.13.